The zero-order chi connectivity index (χ0) is 8.73. The van der Waals surface area contributed by atoms with E-state index < -0.39 is 17.6 Å². The molecule has 0 aromatic heterocycles. The summed E-state index contributed by atoms with van der Waals surface area (Å²) in [6.07, 6.45) is 0. The first-order valence-electron chi connectivity index (χ1n) is 1.74. The Morgan fingerprint density at radius 3 is 0.923 bits per heavy atom. The van der Waals surface area contributed by atoms with E-state index in [0.29, 0.717) is 0 Å². The zero-order valence-electron chi connectivity index (χ0n) is 7.37. The van der Waals surface area contributed by atoms with E-state index >= 15 is 0 Å². The van der Waals surface area contributed by atoms with Crippen LogP contribution in [0.3, 0.4) is 0 Å². The van der Waals surface area contributed by atoms with Crippen LogP contribution in [0.2, 0.25) is 0 Å². The second-order valence-electron chi connectivity index (χ2n) is 0.836. The van der Waals surface area contributed by atoms with Crippen LogP contribution in [0.15, 0.2) is 0 Å². The van der Waals surface area contributed by atoms with E-state index in [1.165, 1.54) is 0 Å². The summed E-state index contributed by atoms with van der Waals surface area (Å²) in [5, 5.41) is 22.6. The maximum Gasteiger partial charge on any atom is 1.00 e. The summed E-state index contributed by atoms with van der Waals surface area (Å²) in [5.74, 6) is 0. The van der Waals surface area contributed by atoms with Crippen LogP contribution in [0, 0.1) is 0 Å². The van der Waals surface area contributed by atoms with E-state index in [-0.39, 0.29) is 56.6 Å². The molecule has 0 atom stereocenters. The minimum atomic E-state index is -2.92. The molecular weight excluding hydrogens is 206 g/mol. The van der Waals surface area contributed by atoms with Crippen LogP contribution in [0.5, 0.6) is 0 Å². The van der Waals surface area contributed by atoms with Gasteiger partial charge in [0.1, 0.15) is 0 Å². The molecule has 13 heavy (non-hydrogen) atoms. The van der Waals surface area contributed by atoms with Crippen molar-refractivity contribution in [2.24, 2.45) is 0 Å². The number of hydrogen-bond donors (Lipinski definition) is 0. The van der Waals surface area contributed by atoms with Gasteiger partial charge in [0.25, 0.3) is 0 Å². The Labute approximate surface area is 121 Å². The van der Waals surface area contributed by atoms with Crippen molar-refractivity contribution in [2.45, 2.75) is 0 Å². The molecule has 0 amide bonds. The van der Waals surface area contributed by atoms with Gasteiger partial charge in [-0.25, -0.2) is 0 Å². The van der Waals surface area contributed by atoms with E-state index in [1.54, 1.807) is 0 Å². The second-order valence-corrected chi connectivity index (χ2v) is 1.55. The molecule has 0 saturated carbocycles. The largest absolute Gasteiger partial charge is 1.00 e. The van der Waals surface area contributed by atoms with Gasteiger partial charge in [0, 0.05) is 0 Å². The van der Waals surface area contributed by atoms with Gasteiger partial charge in [-0.05, 0) is 24.4 Å². The fourth-order valence-corrected chi connectivity index (χ4v) is 0. The van der Waals surface area contributed by atoms with Gasteiger partial charge in [-0.15, -0.1) is 0 Å². The molecule has 0 saturated heterocycles. The average molecular weight is 206 g/mol. The molecule has 0 bridgehead atoms. The summed E-state index contributed by atoms with van der Waals surface area (Å²) in [5.41, 5.74) is 0. The van der Waals surface area contributed by atoms with Crippen LogP contribution in [0.25, 0.3) is 0 Å². The van der Waals surface area contributed by atoms with E-state index in [4.69, 9.17) is 15.1 Å². The van der Waals surface area contributed by atoms with Crippen LogP contribution < -0.4 is 71.7 Å². The van der Waals surface area contributed by atoms with Crippen molar-refractivity contribution in [3.8, 4) is 0 Å². The molecule has 0 aliphatic rings. The van der Waals surface area contributed by atoms with E-state index in [1.807, 2.05) is 0 Å². The summed E-state index contributed by atoms with van der Waals surface area (Å²) >= 11 is 7.27. The topological polar surface area (TPSA) is 69.2 Å². The molecule has 58 valence electrons. The first-order valence-corrected chi connectivity index (χ1v) is 2.56. The Morgan fingerprint density at radius 2 is 0.923 bits per heavy atom. The normalized spacial score (nSPS) is 5.62. The molecule has 0 aliphatic heterocycles. The van der Waals surface area contributed by atoms with E-state index in [0.717, 1.165) is 0 Å². The van der Waals surface area contributed by atoms with Crippen molar-refractivity contribution in [1.82, 2.24) is 0 Å². The molecule has 3 nitrogen and oxygen atoms in total. The summed E-state index contributed by atoms with van der Waals surface area (Å²) < 4.78 is 22.1. The molecule has 0 spiro atoms. The minimum absolute atomic E-state index is 0. The smallest absolute Gasteiger partial charge is 0.907 e. The summed E-state index contributed by atoms with van der Waals surface area (Å²) in [7, 11) is -2.92. The van der Waals surface area contributed by atoms with E-state index in [2.05, 4.69) is 24.4 Å². The van der Waals surface area contributed by atoms with Crippen molar-refractivity contribution in [2.75, 3.05) is 0 Å². The fourth-order valence-electron chi connectivity index (χ4n) is 0. The van der Waals surface area contributed by atoms with Gasteiger partial charge in [-0.2, -0.15) is 8.78 Å². The molecule has 0 radical (unpaired) electrons. The maximum atomic E-state index is 11.0. The molecule has 0 fully saturated rings. The maximum absolute atomic E-state index is 11.0. The van der Waals surface area contributed by atoms with Crippen LogP contribution in [-0.4, -0.2) is 17.6 Å². The van der Waals surface area contributed by atoms with Crippen molar-refractivity contribution in [3.05, 3.63) is 0 Å². The third-order valence-electron chi connectivity index (χ3n) is 0.155. The number of hydrogen-bond acceptors (Lipinski definition) is 5. The predicted molar refractivity (Wildman–Crippen MR) is 33.2 cm³/mol. The van der Waals surface area contributed by atoms with Gasteiger partial charge in [-0.3, -0.25) is 7.32 Å². The second kappa shape index (κ2) is 19.4. The Balaban J connectivity index is -0.0000000279. The van der Waals surface area contributed by atoms with Gasteiger partial charge in [0.2, 0.25) is 10.2 Å². The monoisotopic (exact) mass is 206 g/mol. The molecule has 0 aliphatic carbocycles. The van der Waals surface area contributed by atoms with Gasteiger partial charge in [0.05, 0.1) is 0 Å². The van der Waals surface area contributed by atoms with E-state index in [9.17, 15) is 8.78 Å². The molecule has 11 heteroatoms. The van der Waals surface area contributed by atoms with Gasteiger partial charge >= 0.3 is 56.6 Å². The molecule has 0 unspecified atom stereocenters. The summed E-state index contributed by atoms with van der Waals surface area (Å²) in [4.78, 5) is 0. The van der Waals surface area contributed by atoms with Crippen LogP contribution in [0.1, 0.15) is 0 Å². The average Bonchev–Trinajstić information content (AvgIpc) is 1.63. The Bertz CT molecular complexity index is 125. The van der Waals surface area contributed by atoms with Crippen molar-refractivity contribution in [1.29, 1.82) is 0 Å². The third-order valence-corrected chi connectivity index (χ3v) is 0.642. The van der Waals surface area contributed by atoms with Crippen LogP contribution in [0.4, 0.5) is 8.78 Å². The zero-order valence-corrected chi connectivity index (χ0v) is 9.01. The molecule has 0 aromatic rings. The van der Waals surface area contributed by atoms with Gasteiger partial charge in [-0.1, -0.05) is 0 Å². The molecule has 0 aromatic carbocycles. The van der Waals surface area contributed by atoms with Crippen LogP contribution >= 0.6 is 24.4 Å². The Morgan fingerprint density at radius 1 is 0.846 bits per heavy atom. The molecule has 0 N–H and O–H groups in total. The first kappa shape index (κ1) is 29.3. The Kier molecular flexibility index (Phi) is 43.7. The van der Waals surface area contributed by atoms with Gasteiger partial charge in [0.15, 0.2) is 0 Å². The first-order chi connectivity index (χ1) is 4.37. The van der Waals surface area contributed by atoms with Crippen molar-refractivity contribution < 1.29 is 80.4 Å². The molecule has 0 rings (SSSR count). The number of rotatable bonds is 1. The summed E-state index contributed by atoms with van der Waals surface area (Å²) in [6.45, 7) is 0. The minimum Gasteiger partial charge on any atom is -0.907 e. The number of halogens is 2. The fraction of sp³-hybridized carbons (Fsp3) is 0. The SMILES string of the molecule is FC(=S)C(F)=S.[Li+].[Li+].[Li+].[O-]B([O-])[O-]. The Hall–Kier alpha value is 1.78. The molecular formula is C2BF2Li3O3S2. The van der Waals surface area contributed by atoms with Crippen molar-refractivity contribution in [3.63, 3.8) is 0 Å². The predicted octanol–water partition coefficient (Wildman–Crippen LogP) is -11.4. The quantitative estimate of drug-likeness (QED) is 0.242. The van der Waals surface area contributed by atoms with Gasteiger partial charge < -0.3 is 15.1 Å². The standard InChI is InChI=1S/C2F2S2.BO3.3Li/c3-1(5)2(4)6;2-1(3)4;;;/q;-3;3*+1. The number of thiocarbonyl (C=S) groups is 2. The van der Waals surface area contributed by atoms with Crippen LogP contribution in [-0.2, 0) is 0 Å². The third kappa shape index (κ3) is 57.3. The summed E-state index contributed by atoms with van der Waals surface area (Å²) in [6, 6.07) is 0. The van der Waals surface area contributed by atoms with Crippen molar-refractivity contribution >= 4 is 42.0 Å². The molecule has 0 heterocycles.